The highest BCUT2D eigenvalue weighted by Gasteiger charge is 2.22. The number of methoxy groups -OCH3 is 1. The van der Waals surface area contributed by atoms with E-state index in [4.69, 9.17) is 15.5 Å². The number of carbonyl (C=O) groups is 1. The molecule has 36 heavy (non-hydrogen) atoms. The smallest absolute Gasteiger partial charge is 0.267 e. The van der Waals surface area contributed by atoms with Crippen LogP contribution in [0.3, 0.4) is 0 Å². The Labute approximate surface area is 214 Å². The molecule has 0 aliphatic rings. The van der Waals surface area contributed by atoms with E-state index in [1.807, 2.05) is 62.4 Å². The van der Waals surface area contributed by atoms with Crippen LogP contribution >= 0.6 is 11.3 Å². The van der Waals surface area contributed by atoms with Crippen LogP contribution in [0.2, 0.25) is 0 Å². The molecule has 0 atom stereocenters. The van der Waals surface area contributed by atoms with E-state index in [1.54, 1.807) is 7.11 Å². The number of nitrogens with two attached hydrogens (primary N) is 1. The van der Waals surface area contributed by atoms with Gasteiger partial charge in [0.25, 0.3) is 5.91 Å². The Hall–Kier alpha value is -4.16. The number of hydrogen-bond donors (Lipinski definition) is 2. The van der Waals surface area contributed by atoms with Crippen LogP contribution in [0.25, 0.3) is 32.6 Å². The van der Waals surface area contributed by atoms with Crippen LogP contribution in [0.5, 0.6) is 5.75 Å². The highest BCUT2D eigenvalue weighted by molar-refractivity contribution is 7.21. The number of nitrogens with zero attached hydrogens (tertiary/aromatic N) is 1. The maximum absolute atomic E-state index is 13.3. The fourth-order valence-corrected chi connectivity index (χ4v) is 5.31. The molecule has 0 fully saturated rings. The Bertz CT molecular complexity index is 1590. The van der Waals surface area contributed by atoms with Crippen molar-refractivity contribution in [1.82, 2.24) is 4.98 Å². The van der Waals surface area contributed by atoms with E-state index in [0.29, 0.717) is 10.6 Å². The number of benzene rings is 3. The highest BCUT2D eigenvalue weighted by atomic mass is 32.1. The quantitative estimate of drug-likeness (QED) is 0.267. The normalized spacial score (nSPS) is 11.0. The predicted octanol–water partition coefficient (Wildman–Crippen LogP) is 7.40. The van der Waals surface area contributed by atoms with Gasteiger partial charge in [0.1, 0.15) is 15.5 Å². The number of ether oxygens (including phenoxy) is 1. The Morgan fingerprint density at radius 2 is 1.56 bits per heavy atom. The van der Waals surface area contributed by atoms with Gasteiger partial charge >= 0.3 is 0 Å². The summed E-state index contributed by atoms with van der Waals surface area (Å²) in [6.45, 7) is 6.07. The number of rotatable bonds is 5. The molecule has 5 aromatic rings. The zero-order valence-corrected chi connectivity index (χ0v) is 21.5. The molecule has 0 bridgehead atoms. The molecule has 0 saturated heterocycles. The summed E-state index contributed by atoms with van der Waals surface area (Å²) >= 11 is 1.32. The minimum absolute atomic E-state index is 0.236. The summed E-state index contributed by atoms with van der Waals surface area (Å²) in [6, 6.07) is 24.1. The lowest BCUT2D eigenvalue weighted by Gasteiger charge is -2.10. The molecule has 0 saturated carbocycles. The molecule has 5 rings (SSSR count). The van der Waals surface area contributed by atoms with Crippen LogP contribution in [0.15, 0.2) is 72.8 Å². The molecule has 2 aromatic heterocycles. The Balaban J connectivity index is 1.66. The van der Waals surface area contributed by atoms with Crippen LogP contribution in [0.4, 0.5) is 11.4 Å². The first kappa shape index (κ1) is 23.6. The van der Waals surface area contributed by atoms with Crippen LogP contribution in [-0.2, 0) is 0 Å². The van der Waals surface area contributed by atoms with Crippen molar-refractivity contribution in [2.75, 3.05) is 18.2 Å². The Morgan fingerprint density at radius 1 is 0.889 bits per heavy atom. The average molecular weight is 494 g/mol. The van der Waals surface area contributed by atoms with E-state index < -0.39 is 0 Å². The minimum Gasteiger partial charge on any atom is -0.497 e. The van der Waals surface area contributed by atoms with Crippen molar-refractivity contribution in [2.45, 2.75) is 20.8 Å². The highest BCUT2D eigenvalue weighted by Crippen LogP contribution is 2.42. The van der Waals surface area contributed by atoms with Gasteiger partial charge in [-0.2, -0.15) is 0 Å². The molecule has 1 amide bonds. The van der Waals surface area contributed by atoms with E-state index >= 15 is 0 Å². The third-order valence-corrected chi connectivity index (χ3v) is 7.38. The molecule has 5 nitrogen and oxygen atoms in total. The molecule has 0 spiro atoms. The summed E-state index contributed by atoms with van der Waals surface area (Å²) in [5.74, 6) is 0.537. The van der Waals surface area contributed by atoms with Crippen molar-refractivity contribution in [3.63, 3.8) is 0 Å². The van der Waals surface area contributed by atoms with Crippen molar-refractivity contribution in [1.29, 1.82) is 0 Å². The lowest BCUT2D eigenvalue weighted by Crippen LogP contribution is -2.12. The zero-order valence-electron chi connectivity index (χ0n) is 20.7. The summed E-state index contributed by atoms with van der Waals surface area (Å²) in [5.41, 5.74) is 14.9. The third-order valence-electron chi connectivity index (χ3n) is 6.28. The number of fused-ring (bicyclic) bond motifs is 1. The number of aromatic nitrogens is 1. The summed E-state index contributed by atoms with van der Waals surface area (Å²) < 4.78 is 5.34. The lowest BCUT2D eigenvalue weighted by molar-refractivity contribution is 0.103. The average Bonchev–Trinajstić information content (AvgIpc) is 3.22. The third kappa shape index (κ3) is 4.43. The van der Waals surface area contributed by atoms with E-state index in [-0.39, 0.29) is 5.91 Å². The van der Waals surface area contributed by atoms with Gasteiger partial charge in [-0.05, 0) is 61.7 Å². The molecule has 0 aliphatic carbocycles. The SMILES string of the molecule is COc1ccc(-c2cc(-c3ccc(C)cc3)nc3sc(C(=O)Nc4ccc(C)cc4C)c(N)c23)cc1. The largest absolute Gasteiger partial charge is 0.497 e. The maximum Gasteiger partial charge on any atom is 0.267 e. The maximum atomic E-state index is 13.3. The van der Waals surface area contributed by atoms with Gasteiger partial charge in [0.2, 0.25) is 0 Å². The standard InChI is InChI=1S/C30H27N3O2S/c1-17-5-8-21(9-6-17)25-16-23(20-10-12-22(35-4)13-11-20)26-27(31)28(36-30(26)33-25)29(34)32-24-14-7-18(2)15-19(24)3/h5-16H,31H2,1-4H3,(H,32,34). The Morgan fingerprint density at radius 3 is 2.22 bits per heavy atom. The van der Waals surface area contributed by atoms with E-state index in [1.165, 1.54) is 16.9 Å². The van der Waals surface area contributed by atoms with Crippen molar-refractivity contribution in [3.8, 4) is 28.1 Å². The predicted molar refractivity (Wildman–Crippen MR) is 150 cm³/mol. The van der Waals surface area contributed by atoms with Gasteiger partial charge in [0.05, 0.1) is 18.5 Å². The van der Waals surface area contributed by atoms with E-state index in [9.17, 15) is 4.79 Å². The molecule has 3 aromatic carbocycles. The van der Waals surface area contributed by atoms with E-state index in [0.717, 1.165) is 55.2 Å². The van der Waals surface area contributed by atoms with Crippen LogP contribution in [0, 0.1) is 20.8 Å². The summed E-state index contributed by atoms with van der Waals surface area (Å²) in [5, 5.41) is 3.81. The molecular weight excluding hydrogens is 466 g/mol. The van der Waals surface area contributed by atoms with Gasteiger partial charge in [0.15, 0.2) is 0 Å². The van der Waals surface area contributed by atoms with Gasteiger partial charge < -0.3 is 15.8 Å². The molecule has 0 aliphatic heterocycles. The van der Waals surface area contributed by atoms with Gasteiger partial charge in [-0.25, -0.2) is 4.98 Å². The molecule has 180 valence electrons. The monoisotopic (exact) mass is 493 g/mol. The van der Waals surface area contributed by atoms with Crippen molar-refractivity contribution < 1.29 is 9.53 Å². The number of amides is 1. The van der Waals surface area contributed by atoms with E-state index in [2.05, 4.69) is 36.5 Å². The fraction of sp³-hybridized carbons (Fsp3) is 0.133. The topological polar surface area (TPSA) is 77.2 Å². The second-order valence-corrected chi connectivity index (χ2v) is 9.95. The van der Waals surface area contributed by atoms with Gasteiger partial charge in [-0.3, -0.25) is 4.79 Å². The van der Waals surface area contributed by atoms with Crippen molar-refractivity contribution >= 4 is 38.8 Å². The molecule has 3 N–H and O–H groups in total. The van der Waals surface area contributed by atoms with Gasteiger partial charge in [-0.1, -0.05) is 59.7 Å². The number of nitrogens with one attached hydrogen (secondary N) is 1. The first-order valence-electron chi connectivity index (χ1n) is 11.7. The van der Waals surface area contributed by atoms with Crippen molar-refractivity contribution in [3.05, 3.63) is 94.4 Å². The number of aryl methyl sites for hydroxylation is 3. The summed E-state index contributed by atoms with van der Waals surface area (Å²) in [4.78, 5) is 19.4. The molecule has 6 heteroatoms. The number of thiophene rings is 1. The van der Waals surface area contributed by atoms with Crippen molar-refractivity contribution in [2.24, 2.45) is 0 Å². The fourth-order valence-electron chi connectivity index (χ4n) is 4.29. The molecular formula is C30H27N3O2S. The molecule has 0 unspecified atom stereocenters. The lowest BCUT2D eigenvalue weighted by atomic mass is 9.99. The molecule has 2 heterocycles. The Kier molecular flexibility index (Phi) is 6.20. The zero-order chi connectivity index (χ0) is 25.4. The number of hydrogen-bond acceptors (Lipinski definition) is 5. The minimum atomic E-state index is -0.236. The second kappa shape index (κ2) is 9.47. The number of nitrogen functional groups attached to an aromatic ring is 1. The van der Waals surface area contributed by atoms with Crippen LogP contribution in [-0.4, -0.2) is 18.0 Å². The number of anilines is 2. The number of carbonyl (C=O) groups excluding carboxylic acids is 1. The molecule has 0 radical (unpaired) electrons. The van der Waals surface area contributed by atoms with Crippen LogP contribution < -0.4 is 15.8 Å². The summed E-state index contributed by atoms with van der Waals surface area (Å²) in [7, 11) is 1.65. The second-order valence-electron chi connectivity index (χ2n) is 8.95. The van der Waals surface area contributed by atoms with Crippen LogP contribution in [0.1, 0.15) is 26.4 Å². The van der Waals surface area contributed by atoms with Gasteiger partial charge in [-0.15, -0.1) is 11.3 Å². The summed E-state index contributed by atoms with van der Waals surface area (Å²) in [6.07, 6.45) is 0. The number of pyridine rings is 1. The first-order chi connectivity index (χ1) is 17.3. The van der Waals surface area contributed by atoms with Gasteiger partial charge in [0, 0.05) is 16.6 Å². The first-order valence-corrected chi connectivity index (χ1v) is 12.5.